The second kappa shape index (κ2) is 5.40. The maximum Gasteiger partial charge on any atom is 0.358 e. The lowest BCUT2D eigenvalue weighted by molar-refractivity contribution is 0.0688. The van der Waals surface area contributed by atoms with Crippen LogP contribution in [0.25, 0.3) is 0 Å². The number of nitrogens with zero attached hydrogens (tertiary/aromatic N) is 6. The van der Waals surface area contributed by atoms with Crippen LogP contribution in [-0.4, -0.2) is 40.8 Å². The molecule has 8 nitrogen and oxygen atoms in total. The molecule has 0 unspecified atom stereocenters. The van der Waals surface area contributed by atoms with Crippen LogP contribution >= 0.6 is 0 Å². The fraction of sp³-hybridized carbons (Fsp3) is 0.583. The molecule has 0 fully saturated rings. The van der Waals surface area contributed by atoms with Gasteiger partial charge in [0.2, 0.25) is 0 Å². The molecule has 0 aliphatic rings. The van der Waals surface area contributed by atoms with Crippen LogP contribution in [0.15, 0.2) is 6.33 Å². The van der Waals surface area contributed by atoms with E-state index in [2.05, 4.69) is 20.4 Å². The van der Waals surface area contributed by atoms with Gasteiger partial charge in [0, 0.05) is 6.04 Å². The molecule has 1 N–H and O–H groups in total. The summed E-state index contributed by atoms with van der Waals surface area (Å²) >= 11 is 0. The van der Waals surface area contributed by atoms with Crippen LogP contribution in [0.5, 0.6) is 0 Å². The van der Waals surface area contributed by atoms with E-state index in [1.165, 1.54) is 6.33 Å². The molecule has 2 aromatic heterocycles. The predicted molar refractivity (Wildman–Crippen MR) is 70.6 cm³/mol. The Morgan fingerprint density at radius 1 is 1.35 bits per heavy atom. The van der Waals surface area contributed by atoms with Gasteiger partial charge in [-0.3, -0.25) is 0 Å². The van der Waals surface area contributed by atoms with Crippen LogP contribution in [0.1, 0.15) is 61.7 Å². The SMILES string of the molecule is CC(C)c1c(C(=O)O)nnn1Cc1ncnn1C(C)C. The van der Waals surface area contributed by atoms with Crippen LogP contribution < -0.4 is 0 Å². The minimum atomic E-state index is -1.06. The zero-order valence-corrected chi connectivity index (χ0v) is 12.0. The summed E-state index contributed by atoms with van der Waals surface area (Å²) in [6.45, 7) is 8.19. The second-order valence-electron chi connectivity index (χ2n) is 5.16. The molecule has 108 valence electrons. The summed E-state index contributed by atoms with van der Waals surface area (Å²) in [6.07, 6.45) is 1.49. The van der Waals surface area contributed by atoms with Crippen LogP contribution in [0.2, 0.25) is 0 Å². The van der Waals surface area contributed by atoms with Gasteiger partial charge in [0.1, 0.15) is 18.7 Å². The number of hydrogen-bond acceptors (Lipinski definition) is 5. The van der Waals surface area contributed by atoms with Gasteiger partial charge in [-0.2, -0.15) is 5.10 Å². The zero-order chi connectivity index (χ0) is 14.9. The predicted octanol–water partition coefficient (Wildman–Crippen LogP) is 1.32. The Kier molecular flexibility index (Phi) is 3.82. The number of carbonyl (C=O) groups is 1. The van der Waals surface area contributed by atoms with Gasteiger partial charge in [0.15, 0.2) is 5.69 Å². The summed E-state index contributed by atoms with van der Waals surface area (Å²) < 4.78 is 3.36. The first kappa shape index (κ1) is 14.2. The van der Waals surface area contributed by atoms with E-state index in [1.54, 1.807) is 9.36 Å². The molecule has 0 saturated heterocycles. The van der Waals surface area contributed by atoms with Crippen molar-refractivity contribution >= 4 is 5.97 Å². The molecule has 2 heterocycles. The van der Waals surface area contributed by atoms with Crippen molar-refractivity contribution in [3.05, 3.63) is 23.5 Å². The van der Waals surface area contributed by atoms with Crippen molar-refractivity contribution in [3.63, 3.8) is 0 Å². The third-order valence-corrected chi connectivity index (χ3v) is 2.95. The lowest BCUT2D eigenvalue weighted by Gasteiger charge is -2.12. The van der Waals surface area contributed by atoms with E-state index >= 15 is 0 Å². The summed E-state index contributed by atoms with van der Waals surface area (Å²) in [5, 5.41) is 21.0. The highest BCUT2D eigenvalue weighted by atomic mass is 16.4. The maximum atomic E-state index is 11.2. The van der Waals surface area contributed by atoms with Crippen molar-refractivity contribution in [1.82, 2.24) is 29.8 Å². The number of aromatic carboxylic acids is 1. The molecule has 0 aliphatic heterocycles. The standard InChI is InChI=1S/C12H18N6O2/c1-7(2)11-10(12(19)20)15-16-17(11)5-9-13-6-14-18(9)8(3)4/h6-8H,5H2,1-4H3,(H,19,20). The average Bonchev–Trinajstić information content (AvgIpc) is 2.95. The van der Waals surface area contributed by atoms with Crippen molar-refractivity contribution in [2.45, 2.75) is 46.2 Å². The monoisotopic (exact) mass is 278 g/mol. The minimum Gasteiger partial charge on any atom is -0.476 e. The van der Waals surface area contributed by atoms with Gasteiger partial charge in [-0.1, -0.05) is 19.1 Å². The molecule has 0 atom stereocenters. The van der Waals surface area contributed by atoms with Crippen molar-refractivity contribution < 1.29 is 9.90 Å². The molecule has 8 heteroatoms. The zero-order valence-electron chi connectivity index (χ0n) is 12.0. The number of aromatic nitrogens is 6. The molecule has 0 spiro atoms. The van der Waals surface area contributed by atoms with E-state index in [0.29, 0.717) is 12.2 Å². The van der Waals surface area contributed by atoms with E-state index in [4.69, 9.17) is 5.11 Å². The smallest absolute Gasteiger partial charge is 0.358 e. The molecular formula is C12H18N6O2. The van der Waals surface area contributed by atoms with Crippen molar-refractivity contribution in [2.24, 2.45) is 0 Å². The highest BCUT2D eigenvalue weighted by molar-refractivity contribution is 5.86. The van der Waals surface area contributed by atoms with E-state index in [1.807, 2.05) is 27.7 Å². The molecule has 20 heavy (non-hydrogen) atoms. The molecule has 0 amide bonds. The Morgan fingerprint density at radius 2 is 2.05 bits per heavy atom. The fourth-order valence-electron chi connectivity index (χ4n) is 2.11. The summed E-state index contributed by atoms with van der Waals surface area (Å²) in [7, 11) is 0. The van der Waals surface area contributed by atoms with Gasteiger partial charge < -0.3 is 5.11 Å². The number of carboxylic acids is 1. The molecule has 0 bridgehead atoms. The third kappa shape index (κ3) is 2.54. The number of rotatable bonds is 5. The largest absolute Gasteiger partial charge is 0.476 e. The topological polar surface area (TPSA) is 98.7 Å². The Hall–Kier alpha value is -2.25. The van der Waals surface area contributed by atoms with E-state index in [-0.39, 0.29) is 17.7 Å². The molecule has 0 radical (unpaired) electrons. The van der Waals surface area contributed by atoms with Crippen molar-refractivity contribution in [1.29, 1.82) is 0 Å². The van der Waals surface area contributed by atoms with E-state index < -0.39 is 5.97 Å². The van der Waals surface area contributed by atoms with Crippen molar-refractivity contribution in [2.75, 3.05) is 0 Å². The van der Waals surface area contributed by atoms with Crippen LogP contribution in [0.3, 0.4) is 0 Å². The summed E-state index contributed by atoms with van der Waals surface area (Å²) in [5.41, 5.74) is 0.589. The van der Waals surface area contributed by atoms with Gasteiger partial charge >= 0.3 is 5.97 Å². The summed E-state index contributed by atoms with van der Waals surface area (Å²) in [6, 6.07) is 0.178. The van der Waals surface area contributed by atoms with Crippen LogP contribution in [-0.2, 0) is 6.54 Å². The second-order valence-corrected chi connectivity index (χ2v) is 5.16. The Labute approximate surface area is 116 Å². The van der Waals surface area contributed by atoms with Gasteiger partial charge in [-0.25, -0.2) is 19.1 Å². The molecule has 2 rings (SSSR count). The molecule has 0 aliphatic carbocycles. The minimum absolute atomic E-state index is 0.00406. The first-order valence-electron chi connectivity index (χ1n) is 6.46. The molecule has 2 aromatic rings. The van der Waals surface area contributed by atoms with Crippen LogP contribution in [0.4, 0.5) is 0 Å². The van der Waals surface area contributed by atoms with E-state index in [9.17, 15) is 4.79 Å². The van der Waals surface area contributed by atoms with Gasteiger partial charge in [-0.15, -0.1) is 5.10 Å². The highest BCUT2D eigenvalue weighted by Gasteiger charge is 2.22. The Morgan fingerprint density at radius 3 is 2.60 bits per heavy atom. The van der Waals surface area contributed by atoms with Crippen LogP contribution in [0, 0.1) is 0 Å². The maximum absolute atomic E-state index is 11.2. The fourth-order valence-corrected chi connectivity index (χ4v) is 2.11. The Bertz CT molecular complexity index is 613. The first-order chi connectivity index (χ1) is 9.41. The molecule has 0 aromatic carbocycles. The Balaban J connectivity index is 2.39. The number of carboxylic acid groups (broad SMARTS) is 1. The quantitative estimate of drug-likeness (QED) is 0.885. The summed E-state index contributed by atoms with van der Waals surface area (Å²) in [4.78, 5) is 15.4. The van der Waals surface area contributed by atoms with Crippen molar-refractivity contribution in [3.8, 4) is 0 Å². The summed E-state index contributed by atoms with van der Waals surface area (Å²) in [5.74, 6) is -0.333. The third-order valence-electron chi connectivity index (χ3n) is 2.95. The lowest BCUT2D eigenvalue weighted by Crippen LogP contribution is -2.16. The highest BCUT2D eigenvalue weighted by Crippen LogP contribution is 2.19. The van der Waals surface area contributed by atoms with Gasteiger partial charge in [0.25, 0.3) is 0 Å². The molecule has 0 saturated carbocycles. The van der Waals surface area contributed by atoms with Gasteiger partial charge in [-0.05, 0) is 19.8 Å². The molecular weight excluding hydrogens is 260 g/mol. The van der Waals surface area contributed by atoms with Gasteiger partial charge in [0.05, 0.1) is 5.69 Å². The lowest BCUT2D eigenvalue weighted by atomic mass is 10.1. The van der Waals surface area contributed by atoms with E-state index in [0.717, 1.165) is 5.82 Å². The first-order valence-corrected chi connectivity index (χ1v) is 6.46. The number of hydrogen-bond donors (Lipinski definition) is 1. The average molecular weight is 278 g/mol. The normalized spacial score (nSPS) is 11.5.